The Balaban J connectivity index is 2.08. The van der Waals surface area contributed by atoms with Gasteiger partial charge in [-0.3, -0.25) is 0 Å². The summed E-state index contributed by atoms with van der Waals surface area (Å²) in [5.74, 6) is 0.0573. The lowest BCUT2D eigenvalue weighted by Gasteiger charge is -2.04. The summed E-state index contributed by atoms with van der Waals surface area (Å²) in [7, 11) is 0. The fraction of sp³-hybridized carbons (Fsp3) is 0.308. The van der Waals surface area contributed by atoms with E-state index < -0.39 is 0 Å². The molecule has 4 nitrogen and oxygen atoms in total. The lowest BCUT2D eigenvalue weighted by atomic mass is 10.2. The number of oxazole rings is 1. The molecule has 1 N–H and O–H groups in total. The van der Waals surface area contributed by atoms with Gasteiger partial charge in [-0.25, -0.2) is 4.39 Å². The SMILES string of the molecule is CCNCc1coc(Oc2cc(F)ccc2C)n1. The van der Waals surface area contributed by atoms with Crippen molar-refractivity contribution >= 4 is 0 Å². The van der Waals surface area contributed by atoms with E-state index in [9.17, 15) is 4.39 Å². The van der Waals surface area contributed by atoms with Crippen LogP contribution in [0.25, 0.3) is 0 Å². The minimum atomic E-state index is -0.352. The number of ether oxygens (including phenoxy) is 1. The first-order valence-electron chi connectivity index (χ1n) is 5.78. The molecule has 0 aliphatic rings. The zero-order valence-corrected chi connectivity index (χ0v) is 10.4. The lowest BCUT2D eigenvalue weighted by Crippen LogP contribution is -2.11. The summed E-state index contributed by atoms with van der Waals surface area (Å²) >= 11 is 0. The summed E-state index contributed by atoms with van der Waals surface area (Å²) in [6, 6.07) is 4.34. The van der Waals surface area contributed by atoms with Crippen LogP contribution in [0.5, 0.6) is 11.8 Å². The van der Waals surface area contributed by atoms with Crippen LogP contribution < -0.4 is 10.1 Å². The molecule has 0 spiro atoms. The Morgan fingerprint density at radius 1 is 1.44 bits per heavy atom. The van der Waals surface area contributed by atoms with Crippen LogP contribution in [0.3, 0.4) is 0 Å². The highest BCUT2D eigenvalue weighted by atomic mass is 19.1. The third kappa shape index (κ3) is 3.07. The second kappa shape index (κ2) is 5.64. The van der Waals surface area contributed by atoms with Crippen molar-refractivity contribution in [2.45, 2.75) is 20.4 Å². The summed E-state index contributed by atoms with van der Waals surface area (Å²) < 4.78 is 23.7. The topological polar surface area (TPSA) is 47.3 Å². The standard InChI is InChI=1S/C13H15FN2O2/c1-3-15-7-11-8-17-13(16-11)18-12-6-10(14)5-4-9(12)2/h4-6,8,15H,3,7H2,1-2H3. The van der Waals surface area contributed by atoms with Crippen molar-refractivity contribution in [2.75, 3.05) is 6.54 Å². The largest absolute Gasteiger partial charge is 0.417 e. The van der Waals surface area contributed by atoms with E-state index in [0.717, 1.165) is 17.8 Å². The van der Waals surface area contributed by atoms with Gasteiger partial charge >= 0.3 is 6.08 Å². The van der Waals surface area contributed by atoms with Crippen LogP contribution in [0.4, 0.5) is 4.39 Å². The van der Waals surface area contributed by atoms with Gasteiger partial charge in [0.1, 0.15) is 17.8 Å². The van der Waals surface area contributed by atoms with Gasteiger partial charge in [0.15, 0.2) is 0 Å². The maximum absolute atomic E-state index is 13.1. The van der Waals surface area contributed by atoms with Crippen molar-refractivity contribution in [1.82, 2.24) is 10.3 Å². The molecule has 0 saturated carbocycles. The smallest absolute Gasteiger partial charge is 0.399 e. The summed E-state index contributed by atoms with van der Waals surface area (Å²) in [5.41, 5.74) is 1.57. The molecule has 96 valence electrons. The van der Waals surface area contributed by atoms with Gasteiger partial charge in [-0.1, -0.05) is 13.0 Å². The maximum atomic E-state index is 13.1. The third-order valence-corrected chi connectivity index (χ3v) is 2.43. The van der Waals surface area contributed by atoms with Gasteiger partial charge < -0.3 is 14.5 Å². The van der Waals surface area contributed by atoms with E-state index in [1.54, 1.807) is 6.07 Å². The molecule has 0 radical (unpaired) electrons. The molecule has 0 fully saturated rings. The zero-order valence-electron chi connectivity index (χ0n) is 10.4. The molecule has 0 bridgehead atoms. The van der Waals surface area contributed by atoms with E-state index in [4.69, 9.17) is 9.15 Å². The average molecular weight is 250 g/mol. The molecule has 1 heterocycles. The summed E-state index contributed by atoms with van der Waals surface area (Å²) in [6.07, 6.45) is 1.64. The van der Waals surface area contributed by atoms with Gasteiger partial charge in [-0.15, -0.1) is 0 Å². The second-order valence-corrected chi connectivity index (χ2v) is 3.90. The Kier molecular flexibility index (Phi) is 3.94. The number of aryl methyl sites for hydroxylation is 1. The number of nitrogens with zero attached hydrogens (tertiary/aromatic N) is 1. The van der Waals surface area contributed by atoms with Crippen molar-refractivity contribution < 1.29 is 13.5 Å². The molecule has 0 aliphatic heterocycles. The molecule has 1 aromatic carbocycles. The Hall–Kier alpha value is -1.88. The van der Waals surface area contributed by atoms with Gasteiger partial charge in [0.25, 0.3) is 0 Å². The van der Waals surface area contributed by atoms with E-state index in [1.807, 2.05) is 13.8 Å². The van der Waals surface area contributed by atoms with Gasteiger partial charge in [0.2, 0.25) is 0 Å². The Labute approximate surface area is 105 Å². The van der Waals surface area contributed by atoms with E-state index in [0.29, 0.717) is 12.3 Å². The van der Waals surface area contributed by atoms with Crippen LogP contribution in [0.1, 0.15) is 18.2 Å². The number of hydrogen-bond acceptors (Lipinski definition) is 4. The van der Waals surface area contributed by atoms with E-state index in [2.05, 4.69) is 10.3 Å². The summed E-state index contributed by atoms with van der Waals surface area (Å²) in [4.78, 5) is 4.14. The van der Waals surface area contributed by atoms with Crippen LogP contribution in [0.15, 0.2) is 28.9 Å². The minimum absolute atomic E-state index is 0.122. The number of benzene rings is 1. The zero-order chi connectivity index (χ0) is 13.0. The maximum Gasteiger partial charge on any atom is 0.399 e. The second-order valence-electron chi connectivity index (χ2n) is 3.90. The molecule has 1 aromatic heterocycles. The molecule has 0 unspecified atom stereocenters. The van der Waals surface area contributed by atoms with Crippen molar-refractivity contribution in [3.63, 3.8) is 0 Å². The van der Waals surface area contributed by atoms with Gasteiger partial charge in [-0.05, 0) is 25.1 Å². The molecule has 2 rings (SSSR count). The average Bonchev–Trinajstić information content (AvgIpc) is 2.79. The normalized spacial score (nSPS) is 10.6. The highest BCUT2D eigenvalue weighted by molar-refractivity contribution is 5.34. The third-order valence-electron chi connectivity index (χ3n) is 2.43. The molecule has 2 aromatic rings. The Bertz CT molecular complexity index is 525. The van der Waals surface area contributed by atoms with Crippen LogP contribution in [0, 0.1) is 12.7 Å². The Morgan fingerprint density at radius 3 is 3.06 bits per heavy atom. The number of hydrogen-bond donors (Lipinski definition) is 1. The number of rotatable bonds is 5. The molecule has 5 heteroatoms. The molecule has 0 amide bonds. The quantitative estimate of drug-likeness (QED) is 0.886. The predicted octanol–water partition coefficient (Wildman–Crippen LogP) is 3.02. The van der Waals surface area contributed by atoms with Crippen LogP contribution in [0.2, 0.25) is 0 Å². The van der Waals surface area contributed by atoms with E-state index >= 15 is 0 Å². The molecule has 0 saturated heterocycles. The molecular weight excluding hydrogens is 235 g/mol. The predicted molar refractivity (Wildman–Crippen MR) is 65.1 cm³/mol. The molecule has 0 aliphatic carbocycles. The summed E-state index contributed by atoms with van der Waals surface area (Å²) in [6.45, 7) is 5.31. The van der Waals surface area contributed by atoms with E-state index in [-0.39, 0.29) is 11.9 Å². The van der Waals surface area contributed by atoms with Crippen molar-refractivity contribution in [2.24, 2.45) is 0 Å². The van der Waals surface area contributed by atoms with Crippen LogP contribution in [-0.2, 0) is 6.54 Å². The Morgan fingerprint density at radius 2 is 2.28 bits per heavy atom. The van der Waals surface area contributed by atoms with Crippen molar-refractivity contribution in [3.05, 3.63) is 41.5 Å². The first kappa shape index (κ1) is 12.6. The van der Waals surface area contributed by atoms with Crippen molar-refractivity contribution in [3.8, 4) is 11.8 Å². The highest BCUT2D eigenvalue weighted by Gasteiger charge is 2.08. The van der Waals surface area contributed by atoms with Crippen LogP contribution in [-0.4, -0.2) is 11.5 Å². The molecule has 0 atom stereocenters. The first-order valence-corrected chi connectivity index (χ1v) is 5.78. The van der Waals surface area contributed by atoms with Crippen molar-refractivity contribution in [1.29, 1.82) is 0 Å². The number of aromatic nitrogens is 1. The monoisotopic (exact) mass is 250 g/mol. The first-order chi connectivity index (χ1) is 8.69. The fourth-order valence-electron chi connectivity index (χ4n) is 1.45. The van der Waals surface area contributed by atoms with Gasteiger partial charge in [-0.2, -0.15) is 4.98 Å². The van der Waals surface area contributed by atoms with E-state index in [1.165, 1.54) is 18.4 Å². The minimum Gasteiger partial charge on any atom is -0.417 e. The van der Waals surface area contributed by atoms with Crippen LogP contribution >= 0.6 is 0 Å². The van der Waals surface area contributed by atoms with Gasteiger partial charge in [0.05, 0.1) is 5.69 Å². The highest BCUT2D eigenvalue weighted by Crippen LogP contribution is 2.25. The molecule has 18 heavy (non-hydrogen) atoms. The fourth-order valence-corrected chi connectivity index (χ4v) is 1.45. The lowest BCUT2D eigenvalue weighted by molar-refractivity contribution is 0.328. The number of halogens is 1. The molecular formula is C13H15FN2O2. The van der Waals surface area contributed by atoms with Gasteiger partial charge in [0, 0.05) is 12.6 Å². The number of nitrogens with one attached hydrogen (secondary N) is 1. The summed E-state index contributed by atoms with van der Waals surface area (Å²) in [5, 5.41) is 3.12.